The van der Waals surface area contributed by atoms with Crippen molar-refractivity contribution in [1.82, 2.24) is 4.98 Å². The van der Waals surface area contributed by atoms with Crippen molar-refractivity contribution >= 4 is 57.8 Å². The zero-order chi connectivity index (χ0) is 11.8. The summed E-state index contributed by atoms with van der Waals surface area (Å²) in [4.78, 5) is 7.20. The number of hydrogen-bond acceptors (Lipinski definition) is 3. The molecule has 0 spiro atoms. The van der Waals surface area contributed by atoms with Gasteiger partial charge in [0.05, 0.1) is 0 Å². The number of pyridine rings is 1. The quantitative estimate of drug-likeness (QED) is 0.696. The van der Waals surface area contributed by atoms with Gasteiger partial charge in [-0.25, -0.2) is 4.98 Å². The number of hydrogen-bond donors (Lipinski definition) is 0. The predicted octanol–water partition coefficient (Wildman–Crippen LogP) is 4.88. The zero-order valence-corrected chi connectivity index (χ0v) is 13.1. The van der Waals surface area contributed by atoms with Crippen LogP contribution in [-0.2, 0) is 12.8 Å². The normalized spacial score (nSPS) is 19.2. The first-order valence-electron chi connectivity index (χ1n) is 5.62. The van der Waals surface area contributed by atoms with Crippen molar-refractivity contribution in [2.75, 3.05) is 0 Å². The molecule has 17 heavy (non-hydrogen) atoms. The van der Waals surface area contributed by atoms with Crippen LogP contribution in [0.4, 0.5) is 0 Å². The van der Waals surface area contributed by atoms with Crippen molar-refractivity contribution < 1.29 is 0 Å². The third kappa shape index (κ3) is 2.27. The first kappa shape index (κ1) is 12.0. The van der Waals surface area contributed by atoms with Gasteiger partial charge in [-0.15, -0.1) is 11.3 Å². The molecule has 0 N–H and O–H groups in total. The number of rotatable bonds is 2. The first-order valence-corrected chi connectivity index (χ1v) is 9.86. The molecular weight excluding hydrogens is 361 g/mol. The van der Waals surface area contributed by atoms with E-state index in [1.165, 1.54) is 39.2 Å². The Morgan fingerprint density at radius 3 is 3.18 bits per heavy atom. The van der Waals surface area contributed by atoms with Crippen LogP contribution in [-0.4, -0.2) is 10.2 Å². The molecule has 0 fully saturated rings. The van der Waals surface area contributed by atoms with Crippen LogP contribution < -0.4 is 0 Å². The van der Waals surface area contributed by atoms with Crippen molar-refractivity contribution in [3.05, 3.63) is 34.8 Å². The third-order valence-corrected chi connectivity index (χ3v) is 7.03. The van der Waals surface area contributed by atoms with E-state index in [-0.39, 0.29) is 0 Å². The van der Waals surface area contributed by atoms with E-state index in [1.54, 1.807) is 11.3 Å². The fraction of sp³-hybridized carbons (Fsp3) is 0.308. The molecule has 2 aromatic rings. The van der Waals surface area contributed by atoms with Gasteiger partial charge in [-0.2, -0.15) is 0 Å². The van der Waals surface area contributed by atoms with E-state index in [0.29, 0.717) is 0 Å². The summed E-state index contributed by atoms with van der Waals surface area (Å²) < 4.78 is 0. The standard InChI is InChI=1S/C13H12INS2/c1-2-10-7-9-5-8-6-11(17-14)3-4-12(8)15-13(9)16-10/h2,5,7,11H,1,3-4,6H2. The SMILES string of the molecule is C=Cc1cc2cc3c(nc2s1)CCC(SI)C3. The minimum atomic E-state index is 0.764. The Labute approximate surface area is 121 Å². The Hall–Kier alpha value is -0.0700. The van der Waals surface area contributed by atoms with E-state index in [2.05, 4.69) is 39.9 Å². The number of aryl methyl sites for hydroxylation is 1. The molecule has 3 rings (SSSR count). The maximum absolute atomic E-state index is 4.81. The number of thiophene rings is 1. The van der Waals surface area contributed by atoms with Gasteiger partial charge >= 0.3 is 0 Å². The van der Waals surface area contributed by atoms with Gasteiger partial charge in [0.1, 0.15) is 4.83 Å². The largest absolute Gasteiger partial charge is 0.242 e. The summed E-state index contributed by atoms with van der Waals surface area (Å²) in [5.74, 6) is 0. The van der Waals surface area contributed by atoms with E-state index >= 15 is 0 Å². The lowest BCUT2D eigenvalue weighted by molar-refractivity contribution is 0.691. The van der Waals surface area contributed by atoms with Crippen LogP contribution in [0.5, 0.6) is 0 Å². The van der Waals surface area contributed by atoms with E-state index in [0.717, 1.165) is 11.7 Å². The molecule has 88 valence electrons. The molecule has 1 unspecified atom stereocenters. The van der Waals surface area contributed by atoms with Crippen LogP contribution >= 0.6 is 41.5 Å². The molecule has 4 heteroatoms. The molecule has 0 aliphatic heterocycles. The molecule has 2 aromatic heterocycles. The number of aromatic nitrogens is 1. The van der Waals surface area contributed by atoms with Gasteiger partial charge in [0.15, 0.2) is 0 Å². The number of nitrogens with zero attached hydrogens (tertiary/aromatic N) is 1. The third-order valence-electron chi connectivity index (χ3n) is 3.17. The van der Waals surface area contributed by atoms with Crippen molar-refractivity contribution in [1.29, 1.82) is 0 Å². The van der Waals surface area contributed by atoms with Gasteiger partial charge < -0.3 is 0 Å². The maximum atomic E-state index is 4.81. The Morgan fingerprint density at radius 1 is 1.53 bits per heavy atom. The fourth-order valence-corrected chi connectivity index (χ4v) is 4.92. The first-order chi connectivity index (χ1) is 8.30. The maximum Gasteiger partial charge on any atom is 0.124 e. The second-order valence-corrected chi connectivity index (χ2v) is 7.73. The molecule has 1 aliphatic rings. The Balaban J connectivity index is 2.08. The fourth-order valence-electron chi connectivity index (χ4n) is 2.29. The summed E-state index contributed by atoms with van der Waals surface area (Å²) in [6.07, 6.45) is 5.48. The molecule has 0 amide bonds. The van der Waals surface area contributed by atoms with Crippen molar-refractivity contribution in [2.45, 2.75) is 24.5 Å². The van der Waals surface area contributed by atoms with Crippen molar-refractivity contribution in [3.8, 4) is 0 Å². The number of halogens is 1. The summed E-state index contributed by atoms with van der Waals surface area (Å²) in [7, 11) is 1.95. The lowest BCUT2D eigenvalue weighted by Gasteiger charge is -2.21. The van der Waals surface area contributed by atoms with E-state index < -0.39 is 0 Å². The number of fused-ring (bicyclic) bond motifs is 2. The average molecular weight is 373 g/mol. The summed E-state index contributed by atoms with van der Waals surface area (Å²) in [5.41, 5.74) is 2.77. The van der Waals surface area contributed by atoms with E-state index in [4.69, 9.17) is 4.98 Å². The average Bonchev–Trinajstić information content (AvgIpc) is 2.77. The second-order valence-electron chi connectivity index (χ2n) is 4.30. The Morgan fingerprint density at radius 2 is 2.41 bits per heavy atom. The molecule has 0 bridgehead atoms. The molecule has 1 atom stereocenters. The van der Waals surface area contributed by atoms with Crippen LogP contribution in [0.25, 0.3) is 16.3 Å². The van der Waals surface area contributed by atoms with Crippen LogP contribution in [0.3, 0.4) is 0 Å². The summed E-state index contributed by atoms with van der Waals surface area (Å²) >= 11 is 4.16. The molecule has 1 aliphatic carbocycles. The van der Waals surface area contributed by atoms with Gasteiger partial charge in [-0.1, -0.05) is 21.6 Å². The van der Waals surface area contributed by atoms with Crippen LogP contribution in [0, 0.1) is 0 Å². The van der Waals surface area contributed by atoms with Crippen molar-refractivity contribution in [2.24, 2.45) is 0 Å². The van der Waals surface area contributed by atoms with Gasteiger partial charge in [-0.05, 0) is 58.2 Å². The molecule has 0 radical (unpaired) electrons. The van der Waals surface area contributed by atoms with Gasteiger partial charge in [-0.3, -0.25) is 0 Å². The highest BCUT2D eigenvalue weighted by molar-refractivity contribution is 14.2. The van der Waals surface area contributed by atoms with E-state index in [1.807, 2.05) is 15.0 Å². The molecule has 0 saturated carbocycles. The highest BCUT2D eigenvalue weighted by Gasteiger charge is 2.20. The molecule has 1 nitrogen and oxygen atoms in total. The Kier molecular flexibility index (Phi) is 3.45. The lowest BCUT2D eigenvalue weighted by atomic mass is 9.95. The molecule has 0 saturated heterocycles. The van der Waals surface area contributed by atoms with Crippen LogP contribution in [0.2, 0.25) is 0 Å². The molecule has 2 heterocycles. The molecular formula is C13H12INS2. The summed E-state index contributed by atoms with van der Waals surface area (Å²) in [6.45, 7) is 3.83. The minimum absolute atomic E-state index is 0.764. The predicted molar refractivity (Wildman–Crippen MR) is 87.1 cm³/mol. The zero-order valence-electron chi connectivity index (χ0n) is 9.28. The van der Waals surface area contributed by atoms with Gasteiger partial charge in [0, 0.05) is 21.2 Å². The highest BCUT2D eigenvalue weighted by atomic mass is 127. The smallest absolute Gasteiger partial charge is 0.124 e. The second kappa shape index (κ2) is 4.90. The topological polar surface area (TPSA) is 12.9 Å². The summed E-state index contributed by atoms with van der Waals surface area (Å²) in [6, 6.07) is 4.53. The highest BCUT2D eigenvalue weighted by Crippen LogP contribution is 2.34. The van der Waals surface area contributed by atoms with Gasteiger partial charge in [0.2, 0.25) is 0 Å². The van der Waals surface area contributed by atoms with Crippen LogP contribution in [0.15, 0.2) is 18.7 Å². The molecule has 0 aromatic carbocycles. The van der Waals surface area contributed by atoms with Crippen molar-refractivity contribution in [3.63, 3.8) is 0 Å². The minimum Gasteiger partial charge on any atom is -0.242 e. The van der Waals surface area contributed by atoms with Crippen LogP contribution in [0.1, 0.15) is 22.6 Å². The Bertz CT molecular complexity index is 576. The van der Waals surface area contributed by atoms with E-state index in [9.17, 15) is 0 Å². The van der Waals surface area contributed by atoms with Gasteiger partial charge in [0.25, 0.3) is 0 Å². The summed E-state index contributed by atoms with van der Waals surface area (Å²) in [5, 5.41) is 2.04. The lowest BCUT2D eigenvalue weighted by Crippen LogP contribution is -2.16. The monoisotopic (exact) mass is 373 g/mol.